The van der Waals surface area contributed by atoms with Gasteiger partial charge in [0.15, 0.2) is 0 Å². The van der Waals surface area contributed by atoms with Gasteiger partial charge in [-0.1, -0.05) is 18.9 Å². The highest BCUT2D eigenvalue weighted by Crippen LogP contribution is 2.29. The van der Waals surface area contributed by atoms with Gasteiger partial charge in [-0.3, -0.25) is 4.90 Å². The van der Waals surface area contributed by atoms with Crippen LogP contribution in [0.4, 0.5) is 0 Å². The Kier molecular flexibility index (Phi) is 6.18. The molecule has 3 heteroatoms. The van der Waals surface area contributed by atoms with Crippen molar-refractivity contribution < 1.29 is 0 Å². The highest BCUT2D eigenvalue weighted by atomic mass is 32.1. The Morgan fingerprint density at radius 1 is 1.28 bits per heavy atom. The van der Waals surface area contributed by atoms with Gasteiger partial charge in [0, 0.05) is 17.5 Å². The maximum atomic E-state index is 3.22. The van der Waals surface area contributed by atoms with Crippen LogP contribution in [0.25, 0.3) is 0 Å². The molecular weight excluding hydrogens is 240 g/mol. The van der Waals surface area contributed by atoms with E-state index in [9.17, 15) is 0 Å². The standard InChI is InChI=1S/C15H26N2S/c1-16-10-4-2-3-5-11-17(14-8-9-14)13-15-7-6-12-18-15/h6-7,12,14,16H,2-5,8-11,13H2,1H3. The quantitative estimate of drug-likeness (QED) is 0.652. The van der Waals surface area contributed by atoms with Crippen LogP contribution in [0.5, 0.6) is 0 Å². The largest absolute Gasteiger partial charge is 0.320 e. The number of hydrogen-bond donors (Lipinski definition) is 1. The van der Waals surface area contributed by atoms with Crippen LogP contribution in [0.3, 0.4) is 0 Å². The molecule has 0 spiro atoms. The fourth-order valence-electron chi connectivity index (χ4n) is 2.40. The molecule has 0 aromatic carbocycles. The number of unbranched alkanes of at least 4 members (excludes halogenated alkanes) is 3. The summed E-state index contributed by atoms with van der Waals surface area (Å²) in [6.45, 7) is 3.64. The van der Waals surface area contributed by atoms with Gasteiger partial charge in [-0.05, 0) is 57.3 Å². The zero-order valence-corrected chi connectivity index (χ0v) is 12.3. The summed E-state index contributed by atoms with van der Waals surface area (Å²) < 4.78 is 0. The van der Waals surface area contributed by atoms with Crippen molar-refractivity contribution in [1.29, 1.82) is 0 Å². The van der Waals surface area contributed by atoms with E-state index in [-0.39, 0.29) is 0 Å². The molecular formula is C15H26N2S. The third-order valence-electron chi connectivity index (χ3n) is 3.62. The van der Waals surface area contributed by atoms with Gasteiger partial charge in [-0.15, -0.1) is 11.3 Å². The Hall–Kier alpha value is -0.380. The number of rotatable bonds is 10. The van der Waals surface area contributed by atoms with E-state index in [1.54, 1.807) is 0 Å². The van der Waals surface area contributed by atoms with Crippen molar-refractivity contribution in [2.75, 3.05) is 20.1 Å². The minimum absolute atomic E-state index is 0.893. The molecule has 102 valence electrons. The van der Waals surface area contributed by atoms with Gasteiger partial charge in [0.1, 0.15) is 0 Å². The molecule has 0 atom stereocenters. The second-order valence-electron chi connectivity index (χ2n) is 5.30. The fraction of sp³-hybridized carbons (Fsp3) is 0.733. The normalized spacial score (nSPS) is 15.4. The van der Waals surface area contributed by atoms with Crippen LogP contribution in [0.2, 0.25) is 0 Å². The number of hydrogen-bond acceptors (Lipinski definition) is 3. The van der Waals surface area contributed by atoms with Crippen molar-refractivity contribution in [3.05, 3.63) is 22.4 Å². The Balaban J connectivity index is 1.61. The maximum absolute atomic E-state index is 3.22. The van der Waals surface area contributed by atoms with Gasteiger partial charge in [0.25, 0.3) is 0 Å². The van der Waals surface area contributed by atoms with Gasteiger partial charge in [-0.25, -0.2) is 0 Å². The van der Waals surface area contributed by atoms with Gasteiger partial charge < -0.3 is 5.32 Å². The summed E-state index contributed by atoms with van der Waals surface area (Å²) in [6, 6.07) is 5.33. The average Bonchev–Trinajstić information content (AvgIpc) is 3.10. The number of thiophene rings is 1. The third kappa shape index (κ3) is 5.09. The lowest BCUT2D eigenvalue weighted by Gasteiger charge is -2.21. The van der Waals surface area contributed by atoms with E-state index in [4.69, 9.17) is 0 Å². The van der Waals surface area contributed by atoms with Crippen molar-refractivity contribution in [3.63, 3.8) is 0 Å². The minimum atomic E-state index is 0.893. The highest BCUT2D eigenvalue weighted by Gasteiger charge is 2.28. The van der Waals surface area contributed by atoms with Gasteiger partial charge >= 0.3 is 0 Å². The second kappa shape index (κ2) is 7.93. The average molecular weight is 266 g/mol. The molecule has 1 heterocycles. The minimum Gasteiger partial charge on any atom is -0.320 e. The van der Waals surface area contributed by atoms with E-state index in [0.29, 0.717) is 0 Å². The topological polar surface area (TPSA) is 15.3 Å². The summed E-state index contributed by atoms with van der Waals surface area (Å²) >= 11 is 1.90. The molecule has 0 unspecified atom stereocenters. The molecule has 2 nitrogen and oxygen atoms in total. The zero-order chi connectivity index (χ0) is 12.6. The van der Waals surface area contributed by atoms with E-state index in [0.717, 1.165) is 6.04 Å². The monoisotopic (exact) mass is 266 g/mol. The summed E-state index contributed by atoms with van der Waals surface area (Å²) in [7, 11) is 2.04. The number of nitrogens with one attached hydrogen (secondary N) is 1. The number of nitrogens with zero attached hydrogens (tertiary/aromatic N) is 1. The van der Waals surface area contributed by atoms with E-state index >= 15 is 0 Å². The Labute approximate surface area is 115 Å². The Bertz CT molecular complexity index is 306. The predicted molar refractivity (Wildman–Crippen MR) is 80.1 cm³/mol. The molecule has 0 aliphatic heterocycles. The molecule has 1 N–H and O–H groups in total. The van der Waals surface area contributed by atoms with Gasteiger partial charge in [-0.2, -0.15) is 0 Å². The van der Waals surface area contributed by atoms with E-state index in [1.165, 1.54) is 63.0 Å². The molecule has 0 amide bonds. The summed E-state index contributed by atoms with van der Waals surface area (Å²) in [5.41, 5.74) is 0. The lowest BCUT2D eigenvalue weighted by Crippen LogP contribution is -2.26. The third-order valence-corrected chi connectivity index (χ3v) is 4.49. The van der Waals surface area contributed by atoms with Crippen LogP contribution in [-0.2, 0) is 6.54 Å². The molecule has 1 fully saturated rings. The Morgan fingerprint density at radius 2 is 2.11 bits per heavy atom. The molecule has 0 radical (unpaired) electrons. The molecule has 1 aliphatic rings. The SMILES string of the molecule is CNCCCCCCN(Cc1cccs1)C1CC1. The van der Waals surface area contributed by atoms with Crippen LogP contribution in [0, 0.1) is 0 Å². The molecule has 2 rings (SSSR count). The summed E-state index contributed by atoms with van der Waals surface area (Å²) in [5, 5.41) is 5.41. The maximum Gasteiger partial charge on any atom is 0.0330 e. The lowest BCUT2D eigenvalue weighted by molar-refractivity contribution is 0.250. The molecule has 1 aliphatic carbocycles. The van der Waals surface area contributed by atoms with Gasteiger partial charge in [0.2, 0.25) is 0 Å². The molecule has 1 aromatic heterocycles. The van der Waals surface area contributed by atoms with E-state index in [2.05, 4.69) is 27.7 Å². The summed E-state index contributed by atoms with van der Waals surface area (Å²) in [6.07, 6.45) is 8.29. The fourth-order valence-corrected chi connectivity index (χ4v) is 3.13. The molecule has 1 saturated carbocycles. The van der Waals surface area contributed by atoms with Crippen molar-refractivity contribution in [1.82, 2.24) is 10.2 Å². The Morgan fingerprint density at radius 3 is 2.78 bits per heavy atom. The molecule has 18 heavy (non-hydrogen) atoms. The molecule has 0 bridgehead atoms. The van der Waals surface area contributed by atoms with Crippen molar-refractivity contribution in [2.45, 2.75) is 51.1 Å². The first kappa shape index (κ1) is 14.0. The predicted octanol–water partition coefficient (Wildman–Crippen LogP) is 3.49. The van der Waals surface area contributed by atoms with Crippen LogP contribution in [-0.4, -0.2) is 31.1 Å². The van der Waals surface area contributed by atoms with Crippen LogP contribution < -0.4 is 5.32 Å². The first-order valence-electron chi connectivity index (χ1n) is 7.31. The van der Waals surface area contributed by atoms with Crippen LogP contribution in [0.1, 0.15) is 43.4 Å². The summed E-state index contributed by atoms with van der Waals surface area (Å²) in [4.78, 5) is 4.22. The van der Waals surface area contributed by atoms with E-state index in [1.807, 2.05) is 18.4 Å². The van der Waals surface area contributed by atoms with Crippen LogP contribution >= 0.6 is 11.3 Å². The van der Waals surface area contributed by atoms with Crippen molar-refractivity contribution in [3.8, 4) is 0 Å². The zero-order valence-electron chi connectivity index (χ0n) is 11.5. The first-order valence-corrected chi connectivity index (χ1v) is 8.19. The summed E-state index contributed by atoms with van der Waals surface area (Å²) in [5.74, 6) is 0. The first-order chi connectivity index (χ1) is 8.90. The highest BCUT2D eigenvalue weighted by molar-refractivity contribution is 7.09. The lowest BCUT2D eigenvalue weighted by atomic mass is 10.2. The van der Waals surface area contributed by atoms with Gasteiger partial charge in [0.05, 0.1) is 0 Å². The second-order valence-corrected chi connectivity index (χ2v) is 6.33. The van der Waals surface area contributed by atoms with Crippen molar-refractivity contribution in [2.24, 2.45) is 0 Å². The molecule has 0 saturated heterocycles. The smallest absolute Gasteiger partial charge is 0.0330 e. The molecule has 1 aromatic rings. The van der Waals surface area contributed by atoms with E-state index < -0.39 is 0 Å². The van der Waals surface area contributed by atoms with Crippen LogP contribution in [0.15, 0.2) is 17.5 Å². The van der Waals surface area contributed by atoms with Crippen molar-refractivity contribution >= 4 is 11.3 Å².